The van der Waals surface area contributed by atoms with E-state index in [9.17, 15) is 4.79 Å². The van der Waals surface area contributed by atoms with Crippen LogP contribution in [0.3, 0.4) is 0 Å². The number of carbonyl (C=O) groups is 1. The summed E-state index contributed by atoms with van der Waals surface area (Å²) in [5.74, 6) is 1.09. The minimum atomic E-state index is -0.135. The molecule has 1 rings (SSSR count). The van der Waals surface area contributed by atoms with E-state index in [1.807, 2.05) is 25.1 Å². The van der Waals surface area contributed by atoms with Gasteiger partial charge in [-0.3, -0.25) is 4.79 Å². The molecular weight excluding hydrogens is 280 g/mol. The van der Waals surface area contributed by atoms with Gasteiger partial charge in [-0.2, -0.15) is 0 Å². The molecule has 1 amide bonds. The van der Waals surface area contributed by atoms with E-state index in [1.54, 1.807) is 7.11 Å². The van der Waals surface area contributed by atoms with Crippen molar-refractivity contribution in [1.29, 1.82) is 0 Å². The number of likely N-dealkylation sites (N-methyl/N-ethyl adjacent to an activating group) is 1. The van der Waals surface area contributed by atoms with E-state index in [-0.39, 0.29) is 12.5 Å². The summed E-state index contributed by atoms with van der Waals surface area (Å²) >= 11 is 0. The van der Waals surface area contributed by atoms with E-state index in [4.69, 9.17) is 9.47 Å². The van der Waals surface area contributed by atoms with Crippen molar-refractivity contribution in [3.05, 3.63) is 23.8 Å². The van der Waals surface area contributed by atoms with Crippen molar-refractivity contribution in [3.63, 3.8) is 0 Å². The molecule has 0 aromatic heterocycles. The number of hydrogen-bond acceptors (Lipinski definition) is 4. The smallest absolute Gasteiger partial charge is 0.257 e. The Morgan fingerprint density at radius 1 is 1.27 bits per heavy atom. The van der Waals surface area contributed by atoms with Crippen LogP contribution in [-0.4, -0.2) is 32.2 Å². The van der Waals surface area contributed by atoms with Crippen LogP contribution in [-0.2, 0) is 11.3 Å². The predicted octanol–water partition coefficient (Wildman–Crippen LogP) is 2.49. The Morgan fingerprint density at radius 3 is 2.68 bits per heavy atom. The minimum absolute atomic E-state index is 0.00463. The Balaban J connectivity index is 2.60. The zero-order valence-corrected chi connectivity index (χ0v) is 14.1. The van der Waals surface area contributed by atoms with Gasteiger partial charge < -0.3 is 20.1 Å². The van der Waals surface area contributed by atoms with Gasteiger partial charge in [0.1, 0.15) is 0 Å². The van der Waals surface area contributed by atoms with Crippen molar-refractivity contribution >= 4 is 5.91 Å². The maximum absolute atomic E-state index is 11.4. The summed E-state index contributed by atoms with van der Waals surface area (Å²) in [7, 11) is 1.60. The summed E-state index contributed by atoms with van der Waals surface area (Å²) in [6.45, 7) is 7.62. The zero-order valence-electron chi connectivity index (χ0n) is 14.1. The summed E-state index contributed by atoms with van der Waals surface area (Å²) < 4.78 is 10.9. The summed E-state index contributed by atoms with van der Waals surface area (Å²) in [4.78, 5) is 11.4. The van der Waals surface area contributed by atoms with Gasteiger partial charge in [-0.15, -0.1) is 0 Å². The summed E-state index contributed by atoms with van der Waals surface area (Å²) in [5, 5.41) is 6.17. The fraction of sp³-hybridized carbons (Fsp3) is 0.588. The first-order valence-corrected chi connectivity index (χ1v) is 7.90. The number of amides is 1. The van der Waals surface area contributed by atoms with Crippen molar-refractivity contribution in [2.45, 2.75) is 46.2 Å². The molecular formula is C17H28N2O3. The van der Waals surface area contributed by atoms with Crippen LogP contribution < -0.4 is 20.1 Å². The van der Waals surface area contributed by atoms with Crippen LogP contribution >= 0.6 is 0 Å². The summed E-state index contributed by atoms with van der Waals surface area (Å²) in [6, 6.07) is 6.27. The Bertz CT molecular complexity index is 463. The largest absolute Gasteiger partial charge is 0.493 e. The molecule has 2 N–H and O–H groups in total. The highest BCUT2D eigenvalue weighted by Crippen LogP contribution is 2.28. The Morgan fingerprint density at radius 2 is 2.05 bits per heavy atom. The monoisotopic (exact) mass is 308 g/mol. The summed E-state index contributed by atoms with van der Waals surface area (Å²) in [6.07, 6.45) is 2.33. The van der Waals surface area contributed by atoms with Crippen LogP contribution in [0.1, 0.15) is 39.2 Å². The second-order valence-corrected chi connectivity index (χ2v) is 5.30. The fourth-order valence-corrected chi connectivity index (χ4v) is 2.16. The van der Waals surface area contributed by atoms with Crippen LogP contribution in [0, 0.1) is 0 Å². The molecule has 0 aliphatic heterocycles. The van der Waals surface area contributed by atoms with E-state index in [0.717, 1.165) is 18.5 Å². The van der Waals surface area contributed by atoms with Gasteiger partial charge >= 0.3 is 0 Å². The second kappa shape index (κ2) is 10.1. The normalized spacial score (nSPS) is 11.8. The second-order valence-electron chi connectivity index (χ2n) is 5.30. The van der Waals surface area contributed by atoms with Crippen LogP contribution in [0.25, 0.3) is 0 Å². The van der Waals surface area contributed by atoms with Crippen molar-refractivity contribution in [2.75, 3.05) is 20.3 Å². The lowest BCUT2D eigenvalue weighted by Gasteiger charge is -2.15. The molecule has 0 aliphatic carbocycles. The number of hydrogen-bond donors (Lipinski definition) is 2. The molecule has 0 saturated carbocycles. The molecule has 1 atom stereocenters. The maximum atomic E-state index is 11.4. The highest BCUT2D eigenvalue weighted by molar-refractivity contribution is 5.77. The highest BCUT2D eigenvalue weighted by Gasteiger charge is 2.09. The molecule has 5 heteroatoms. The maximum Gasteiger partial charge on any atom is 0.257 e. The lowest BCUT2D eigenvalue weighted by atomic mass is 10.1. The van der Waals surface area contributed by atoms with Gasteiger partial charge in [-0.1, -0.05) is 19.4 Å². The van der Waals surface area contributed by atoms with Gasteiger partial charge in [0.2, 0.25) is 0 Å². The number of benzene rings is 1. The highest BCUT2D eigenvalue weighted by atomic mass is 16.5. The fourth-order valence-electron chi connectivity index (χ4n) is 2.16. The Labute approximate surface area is 133 Å². The molecule has 0 aliphatic rings. The summed E-state index contributed by atoms with van der Waals surface area (Å²) in [5.41, 5.74) is 1.13. The van der Waals surface area contributed by atoms with E-state index in [0.29, 0.717) is 24.1 Å². The number of nitrogens with one attached hydrogen (secondary N) is 2. The molecule has 0 saturated heterocycles. The van der Waals surface area contributed by atoms with Gasteiger partial charge in [0.15, 0.2) is 18.1 Å². The number of carbonyl (C=O) groups excluding carboxylic acids is 1. The van der Waals surface area contributed by atoms with E-state index in [2.05, 4.69) is 24.5 Å². The number of ether oxygens (including phenoxy) is 2. The number of rotatable bonds is 10. The van der Waals surface area contributed by atoms with E-state index >= 15 is 0 Å². The topological polar surface area (TPSA) is 59.6 Å². The van der Waals surface area contributed by atoms with Gasteiger partial charge in [0.25, 0.3) is 5.91 Å². The average molecular weight is 308 g/mol. The number of methoxy groups -OCH3 is 1. The van der Waals surface area contributed by atoms with Crippen LogP contribution in [0.5, 0.6) is 11.5 Å². The molecule has 0 radical (unpaired) electrons. The van der Waals surface area contributed by atoms with Gasteiger partial charge in [0, 0.05) is 19.1 Å². The third kappa shape index (κ3) is 6.35. The van der Waals surface area contributed by atoms with Crippen molar-refractivity contribution in [1.82, 2.24) is 10.6 Å². The van der Waals surface area contributed by atoms with Crippen LogP contribution in [0.15, 0.2) is 18.2 Å². The molecule has 22 heavy (non-hydrogen) atoms. The Hall–Kier alpha value is -1.75. The van der Waals surface area contributed by atoms with E-state index in [1.165, 1.54) is 6.42 Å². The van der Waals surface area contributed by atoms with Crippen molar-refractivity contribution in [3.8, 4) is 11.5 Å². The van der Waals surface area contributed by atoms with Gasteiger partial charge in [-0.05, 0) is 38.0 Å². The van der Waals surface area contributed by atoms with Gasteiger partial charge in [-0.25, -0.2) is 0 Å². The quantitative estimate of drug-likeness (QED) is 0.697. The van der Waals surface area contributed by atoms with Crippen LogP contribution in [0.2, 0.25) is 0 Å². The lowest BCUT2D eigenvalue weighted by molar-refractivity contribution is -0.123. The molecule has 0 bridgehead atoms. The molecule has 5 nitrogen and oxygen atoms in total. The van der Waals surface area contributed by atoms with Crippen molar-refractivity contribution < 1.29 is 14.3 Å². The lowest BCUT2D eigenvalue weighted by Crippen LogP contribution is -2.28. The molecule has 0 heterocycles. The van der Waals surface area contributed by atoms with Crippen LogP contribution in [0.4, 0.5) is 0 Å². The van der Waals surface area contributed by atoms with E-state index < -0.39 is 0 Å². The minimum Gasteiger partial charge on any atom is -0.493 e. The first-order chi connectivity index (χ1) is 10.6. The average Bonchev–Trinajstić information content (AvgIpc) is 2.51. The van der Waals surface area contributed by atoms with Crippen molar-refractivity contribution in [2.24, 2.45) is 0 Å². The molecule has 1 unspecified atom stereocenters. The first-order valence-electron chi connectivity index (χ1n) is 7.90. The zero-order chi connectivity index (χ0) is 16.4. The first kappa shape index (κ1) is 18.3. The standard InChI is InChI=1S/C17H28N2O3/c1-5-7-13(3)19-11-14-8-9-15(16(10-14)21-4)22-12-17(20)18-6-2/h8-10,13,19H,5-7,11-12H2,1-4H3,(H,18,20). The molecule has 1 aromatic carbocycles. The molecule has 0 fully saturated rings. The SMILES string of the molecule is CCCC(C)NCc1ccc(OCC(=O)NCC)c(OC)c1. The predicted molar refractivity (Wildman–Crippen MR) is 88.4 cm³/mol. The molecule has 1 aromatic rings. The third-order valence-corrected chi connectivity index (χ3v) is 3.34. The van der Waals surface area contributed by atoms with Gasteiger partial charge in [0.05, 0.1) is 7.11 Å². The third-order valence-electron chi connectivity index (χ3n) is 3.34. The molecule has 0 spiro atoms. The Kier molecular flexibility index (Phi) is 8.36. The molecule has 124 valence electrons.